The van der Waals surface area contributed by atoms with Crippen LogP contribution in [0.2, 0.25) is 0 Å². The Hall–Kier alpha value is -2.14. The lowest BCUT2D eigenvalue weighted by molar-refractivity contribution is 0.0725. The van der Waals surface area contributed by atoms with Crippen molar-refractivity contribution in [1.82, 2.24) is 9.88 Å². The van der Waals surface area contributed by atoms with Gasteiger partial charge in [-0.1, -0.05) is 20.8 Å². The van der Waals surface area contributed by atoms with Gasteiger partial charge < -0.3 is 14.4 Å². The summed E-state index contributed by atoms with van der Waals surface area (Å²) in [5.41, 5.74) is 1.93. The first-order valence-electron chi connectivity index (χ1n) is 8.76. The van der Waals surface area contributed by atoms with Gasteiger partial charge in [0.15, 0.2) is 0 Å². The van der Waals surface area contributed by atoms with Crippen molar-refractivity contribution in [2.45, 2.75) is 65.1 Å². The quantitative estimate of drug-likeness (QED) is 0.902. The summed E-state index contributed by atoms with van der Waals surface area (Å²) in [6.45, 7) is 8.22. The summed E-state index contributed by atoms with van der Waals surface area (Å²) in [5.74, 6) is 1.22. The van der Waals surface area contributed by atoms with Crippen LogP contribution in [0, 0.1) is 6.92 Å². The molecule has 3 rings (SSSR count). The van der Waals surface area contributed by atoms with Crippen molar-refractivity contribution in [2.24, 2.45) is 0 Å². The molecule has 2 aromatic rings. The second-order valence-corrected chi connectivity index (χ2v) is 7.77. The number of hydrogen-bond acceptors (Lipinski definition) is 4. The van der Waals surface area contributed by atoms with E-state index in [0.717, 1.165) is 18.4 Å². The maximum atomic E-state index is 13.3. The molecule has 2 heterocycles. The van der Waals surface area contributed by atoms with E-state index in [1.807, 2.05) is 37.8 Å². The largest absolute Gasteiger partial charge is 0.465 e. The van der Waals surface area contributed by atoms with Gasteiger partial charge >= 0.3 is 0 Å². The highest BCUT2D eigenvalue weighted by Gasteiger charge is 2.37. The minimum absolute atomic E-state index is 0.0555. The number of nitrogens with zero attached hydrogens (tertiary/aromatic N) is 2. The van der Waals surface area contributed by atoms with E-state index in [-0.39, 0.29) is 24.0 Å². The van der Waals surface area contributed by atoms with Gasteiger partial charge in [0.1, 0.15) is 11.5 Å². The number of carbonyl (C=O) groups excluding carboxylic acids is 1. The fraction of sp³-hybridized carbons (Fsp3) is 0.500. The Morgan fingerprint density at radius 2 is 1.96 bits per heavy atom. The van der Waals surface area contributed by atoms with Crippen LogP contribution in [0.15, 0.2) is 28.9 Å². The molecule has 1 amide bonds. The van der Waals surface area contributed by atoms with Crippen LogP contribution < -0.4 is 0 Å². The molecule has 1 fully saturated rings. The molecular formula is C20H26N2O3. The summed E-state index contributed by atoms with van der Waals surface area (Å²) in [5, 5.41) is 9.91. The number of aliphatic hydroxyl groups is 1. The van der Waals surface area contributed by atoms with E-state index in [1.54, 1.807) is 19.3 Å². The first-order chi connectivity index (χ1) is 11.8. The smallest absolute Gasteiger partial charge is 0.258 e. The monoisotopic (exact) mass is 342 g/mol. The van der Waals surface area contributed by atoms with Gasteiger partial charge in [-0.2, -0.15) is 0 Å². The Kier molecular flexibility index (Phi) is 4.69. The molecule has 0 radical (unpaired) electrons. The third-order valence-electron chi connectivity index (χ3n) is 4.59. The maximum Gasteiger partial charge on any atom is 0.258 e. The van der Waals surface area contributed by atoms with Crippen molar-refractivity contribution in [3.05, 3.63) is 52.7 Å². The zero-order valence-corrected chi connectivity index (χ0v) is 15.4. The predicted octanol–water partition coefficient (Wildman–Crippen LogP) is 3.58. The van der Waals surface area contributed by atoms with E-state index in [0.29, 0.717) is 29.2 Å². The van der Waals surface area contributed by atoms with Crippen LogP contribution in [-0.4, -0.2) is 26.9 Å². The maximum absolute atomic E-state index is 13.3. The van der Waals surface area contributed by atoms with E-state index < -0.39 is 0 Å². The Morgan fingerprint density at radius 3 is 2.48 bits per heavy atom. The predicted molar refractivity (Wildman–Crippen MR) is 95.2 cm³/mol. The van der Waals surface area contributed by atoms with Crippen molar-refractivity contribution >= 4 is 5.91 Å². The molecule has 1 aliphatic carbocycles. The molecule has 1 saturated carbocycles. The first kappa shape index (κ1) is 17.7. The molecule has 0 unspecified atom stereocenters. The highest BCUT2D eigenvalue weighted by Crippen LogP contribution is 2.36. The van der Waals surface area contributed by atoms with E-state index in [4.69, 9.17) is 4.42 Å². The van der Waals surface area contributed by atoms with E-state index in [9.17, 15) is 9.90 Å². The zero-order chi connectivity index (χ0) is 18.2. The second kappa shape index (κ2) is 6.64. The van der Waals surface area contributed by atoms with Crippen LogP contribution in [0.3, 0.4) is 0 Å². The molecule has 0 aliphatic heterocycles. The van der Waals surface area contributed by atoms with Gasteiger partial charge in [0.05, 0.1) is 12.2 Å². The number of carbonyl (C=O) groups is 1. The number of hydrogen-bond donors (Lipinski definition) is 1. The van der Waals surface area contributed by atoms with Crippen LogP contribution in [0.25, 0.3) is 0 Å². The third-order valence-corrected chi connectivity index (χ3v) is 4.59. The average Bonchev–Trinajstić information content (AvgIpc) is 3.34. The highest BCUT2D eigenvalue weighted by molar-refractivity contribution is 5.97. The normalized spacial score (nSPS) is 14.6. The minimum Gasteiger partial charge on any atom is -0.465 e. The lowest BCUT2D eigenvalue weighted by Gasteiger charge is -2.23. The summed E-state index contributed by atoms with van der Waals surface area (Å²) in [7, 11) is 0. The molecule has 5 nitrogen and oxygen atoms in total. The molecule has 134 valence electrons. The van der Waals surface area contributed by atoms with Crippen LogP contribution in [0.4, 0.5) is 0 Å². The Balaban J connectivity index is 1.97. The van der Waals surface area contributed by atoms with Gasteiger partial charge in [0.2, 0.25) is 0 Å². The summed E-state index contributed by atoms with van der Waals surface area (Å²) in [4.78, 5) is 19.2. The summed E-state index contributed by atoms with van der Waals surface area (Å²) in [6, 6.07) is 4.12. The van der Waals surface area contributed by atoms with Crippen molar-refractivity contribution < 1.29 is 14.3 Å². The zero-order valence-electron chi connectivity index (χ0n) is 15.4. The van der Waals surface area contributed by atoms with Gasteiger partial charge in [-0.15, -0.1) is 0 Å². The van der Waals surface area contributed by atoms with Crippen LogP contribution in [-0.2, 0) is 18.6 Å². The lowest BCUT2D eigenvalue weighted by Crippen LogP contribution is -2.33. The van der Waals surface area contributed by atoms with Crippen LogP contribution in [0.1, 0.15) is 66.6 Å². The Bertz CT molecular complexity index is 755. The molecule has 0 saturated heterocycles. The van der Waals surface area contributed by atoms with Crippen molar-refractivity contribution in [1.29, 1.82) is 0 Å². The van der Waals surface area contributed by atoms with Crippen LogP contribution in [0.5, 0.6) is 0 Å². The number of furan rings is 1. The van der Waals surface area contributed by atoms with Gasteiger partial charge in [-0.3, -0.25) is 9.78 Å². The van der Waals surface area contributed by atoms with Gasteiger partial charge in [0.25, 0.3) is 5.91 Å². The van der Waals surface area contributed by atoms with E-state index in [2.05, 4.69) is 4.98 Å². The fourth-order valence-electron chi connectivity index (χ4n) is 3.21. The fourth-order valence-corrected chi connectivity index (χ4v) is 3.21. The Labute approximate surface area is 148 Å². The first-order valence-corrected chi connectivity index (χ1v) is 8.76. The molecule has 25 heavy (non-hydrogen) atoms. The summed E-state index contributed by atoms with van der Waals surface area (Å²) in [6.07, 6.45) is 5.53. The summed E-state index contributed by atoms with van der Waals surface area (Å²) >= 11 is 0. The summed E-state index contributed by atoms with van der Waals surface area (Å²) < 4.78 is 5.91. The SMILES string of the molecule is Cc1oc(C(C)(C)C)c(CO)c1C(=O)N(Cc1ccncc1)C1CC1. The molecule has 1 N–H and O–H groups in total. The third kappa shape index (κ3) is 3.61. The molecule has 5 heteroatoms. The molecule has 0 aromatic carbocycles. The number of aryl methyl sites for hydroxylation is 1. The van der Waals surface area contributed by atoms with Crippen molar-refractivity contribution in [3.8, 4) is 0 Å². The van der Waals surface area contributed by atoms with Crippen molar-refractivity contribution in [2.75, 3.05) is 0 Å². The molecule has 0 atom stereocenters. The van der Waals surface area contributed by atoms with Gasteiger partial charge in [-0.05, 0) is 37.5 Å². The number of amides is 1. The average molecular weight is 342 g/mol. The van der Waals surface area contributed by atoms with Crippen molar-refractivity contribution in [3.63, 3.8) is 0 Å². The number of aliphatic hydroxyl groups excluding tert-OH is 1. The van der Waals surface area contributed by atoms with E-state index >= 15 is 0 Å². The minimum atomic E-state index is -0.267. The van der Waals surface area contributed by atoms with Crippen LogP contribution >= 0.6 is 0 Å². The molecule has 0 spiro atoms. The number of pyridine rings is 1. The highest BCUT2D eigenvalue weighted by atomic mass is 16.3. The Morgan fingerprint density at radius 1 is 1.32 bits per heavy atom. The molecular weight excluding hydrogens is 316 g/mol. The van der Waals surface area contributed by atoms with E-state index in [1.165, 1.54) is 0 Å². The molecule has 0 bridgehead atoms. The second-order valence-electron chi connectivity index (χ2n) is 7.77. The number of rotatable bonds is 5. The topological polar surface area (TPSA) is 66.6 Å². The molecule has 1 aliphatic rings. The number of aromatic nitrogens is 1. The van der Waals surface area contributed by atoms with Gasteiger partial charge in [-0.25, -0.2) is 0 Å². The molecule has 2 aromatic heterocycles. The lowest BCUT2D eigenvalue weighted by atomic mass is 9.89. The van der Waals surface area contributed by atoms with Gasteiger partial charge in [0, 0.05) is 36.0 Å². The standard InChI is InChI=1S/C20H26N2O3/c1-13-17(16(12-23)18(25-13)20(2,3)4)19(24)22(15-5-6-15)11-14-7-9-21-10-8-14/h7-10,15,23H,5-6,11-12H2,1-4H3.